The number of methoxy groups -OCH3 is 1. The zero-order valence-corrected chi connectivity index (χ0v) is 18.7. The van der Waals surface area contributed by atoms with Crippen molar-refractivity contribution in [2.75, 3.05) is 19.4 Å². The number of ether oxygens (including phenoxy) is 1. The quantitative estimate of drug-likeness (QED) is 0.418. The number of hydrogen-bond donors (Lipinski definition) is 0. The minimum Gasteiger partial charge on any atom is -0.466 e. The van der Waals surface area contributed by atoms with Gasteiger partial charge in [0.15, 0.2) is 0 Å². The largest absolute Gasteiger partial charge is 0.466 e. The van der Waals surface area contributed by atoms with Crippen molar-refractivity contribution >= 4 is 28.6 Å². The second kappa shape index (κ2) is 12.0. The Balaban J connectivity index is 2.31. The first-order chi connectivity index (χ1) is 14.9. The van der Waals surface area contributed by atoms with Gasteiger partial charge in [0.2, 0.25) is 5.91 Å². The molecule has 0 spiro atoms. The highest BCUT2D eigenvalue weighted by atomic mass is 32.2. The highest BCUT2D eigenvalue weighted by Crippen LogP contribution is 2.17. The summed E-state index contributed by atoms with van der Waals surface area (Å²) in [6.45, 7) is 5.55. The Morgan fingerprint density at radius 3 is 2.32 bits per heavy atom. The maximum atomic E-state index is 13.4. The molecule has 1 atom stereocenters. The number of imide groups is 1. The van der Waals surface area contributed by atoms with Gasteiger partial charge in [0.05, 0.1) is 13.5 Å². The fourth-order valence-corrected chi connectivity index (χ4v) is 3.80. The van der Waals surface area contributed by atoms with Gasteiger partial charge in [0, 0.05) is 40.0 Å². The van der Waals surface area contributed by atoms with Crippen molar-refractivity contribution in [3.63, 3.8) is 0 Å². The highest BCUT2D eigenvalue weighted by Gasteiger charge is 2.26. The number of hydrogen-bond acceptors (Lipinski definition) is 5. The van der Waals surface area contributed by atoms with Gasteiger partial charge in [0.25, 0.3) is 5.91 Å². The van der Waals surface area contributed by atoms with Crippen LogP contribution in [0.3, 0.4) is 0 Å². The first-order valence-corrected chi connectivity index (χ1v) is 11.4. The number of esters is 1. The summed E-state index contributed by atoms with van der Waals surface area (Å²) < 4.78 is 16.7. The summed E-state index contributed by atoms with van der Waals surface area (Å²) in [5.74, 6) is -1.01. The molecule has 31 heavy (non-hydrogen) atoms. The third-order valence-corrected chi connectivity index (χ3v) is 6.01. The van der Waals surface area contributed by atoms with Crippen molar-refractivity contribution in [2.24, 2.45) is 0 Å². The Hall–Kier alpha value is -3.06. The Labute approximate surface area is 185 Å². The van der Waals surface area contributed by atoms with Crippen LogP contribution in [0.5, 0.6) is 0 Å². The SMILES string of the molecule is C=C(CC(=O)N(CCc1ccccc1)C(=O)c1ccccc1CS(=O)CC)C(=O)OC. The summed E-state index contributed by atoms with van der Waals surface area (Å²) in [5, 5.41) is 0. The summed E-state index contributed by atoms with van der Waals surface area (Å²) in [4.78, 5) is 39.2. The van der Waals surface area contributed by atoms with Crippen LogP contribution in [0.25, 0.3) is 0 Å². The minimum absolute atomic E-state index is 0.0228. The molecular weight excluding hydrogens is 414 g/mol. The van der Waals surface area contributed by atoms with E-state index < -0.39 is 28.6 Å². The lowest BCUT2D eigenvalue weighted by Gasteiger charge is -2.22. The van der Waals surface area contributed by atoms with Crippen LogP contribution in [0.1, 0.15) is 34.8 Å². The predicted molar refractivity (Wildman–Crippen MR) is 121 cm³/mol. The molecule has 164 valence electrons. The second-order valence-electron chi connectivity index (χ2n) is 6.89. The van der Waals surface area contributed by atoms with Crippen molar-refractivity contribution in [2.45, 2.75) is 25.5 Å². The van der Waals surface area contributed by atoms with E-state index in [4.69, 9.17) is 0 Å². The van der Waals surface area contributed by atoms with Crippen LogP contribution in [0.4, 0.5) is 0 Å². The third kappa shape index (κ3) is 7.00. The normalized spacial score (nSPS) is 11.4. The van der Waals surface area contributed by atoms with Crippen molar-refractivity contribution < 1.29 is 23.3 Å². The lowest BCUT2D eigenvalue weighted by Crippen LogP contribution is -2.39. The molecule has 0 bridgehead atoms. The maximum absolute atomic E-state index is 13.4. The van der Waals surface area contributed by atoms with Gasteiger partial charge in [-0.3, -0.25) is 18.7 Å². The van der Waals surface area contributed by atoms with Crippen LogP contribution in [0.2, 0.25) is 0 Å². The van der Waals surface area contributed by atoms with Crippen molar-refractivity contribution in [1.29, 1.82) is 0 Å². The molecule has 2 amide bonds. The first kappa shape index (κ1) is 24.2. The van der Waals surface area contributed by atoms with Crippen molar-refractivity contribution in [3.8, 4) is 0 Å². The number of carbonyl (C=O) groups is 3. The van der Waals surface area contributed by atoms with Gasteiger partial charge in [-0.15, -0.1) is 0 Å². The Kier molecular flexibility index (Phi) is 9.34. The minimum atomic E-state index is -1.11. The molecule has 0 aromatic heterocycles. The predicted octanol–water partition coefficient (Wildman–Crippen LogP) is 3.29. The summed E-state index contributed by atoms with van der Waals surface area (Å²) in [5.41, 5.74) is 1.90. The molecule has 2 aromatic rings. The van der Waals surface area contributed by atoms with Gasteiger partial charge in [-0.25, -0.2) is 4.79 Å². The zero-order chi connectivity index (χ0) is 22.8. The average molecular weight is 442 g/mol. The topological polar surface area (TPSA) is 80.8 Å². The number of nitrogens with zero attached hydrogens (tertiary/aromatic N) is 1. The lowest BCUT2D eigenvalue weighted by atomic mass is 10.1. The van der Waals surface area contributed by atoms with E-state index in [2.05, 4.69) is 11.3 Å². The number of rotatable bonds is 10. The van der Waals surface area contributed by atoms with Crippen LogP contribution in [0.15, 0.2) is 66.7 Å². The van der Waals surface area contributed by atoms with E-state index in [0.29, 0.717) is 23.3 Å². The standard InChI is InChI=1S/C24H27NO5S/c1-4-31(29)17-20-12-8-9-13-21(20)23(27)25(15-14-19-10-6-5-7-11-19)22(26)16-18(2)24(28)30-3/h5-13H,2,4,14-17H2,1,3H3. The van der Waals surface area contributed by atoms with Gasteiger partial charge in [-0.2, -0.15) is 0 Å². The fraction of sp³-hybridized carbons (Fsp3) is 0.292. The molecule has 7 heteroatoms. The van der Waals surface area contributed by atoms with Gasteiger partial charge in [-0.05, 0) is 23.6 Å². The summed E-state index contributed by atoms with van der Waals surface area (Å²) in [6.07, 6.45) is 0.141. The Bertz CT molecular complexity index is 971. The number of carbonyl (C=O) groups excluding carboxylic acids is 3. The maximum Gasteiger partial charge on any atom is 0.333 e. The van der Waals surface area contributed by atoms with Crippen LogP contribution >= 0.6 is 0 Å². The van der Waals surface area contributed by atoms with E-state index in [-0.39, 0.29) is 24.3 Å². The van der Waals surface area contributed by atoms with Gasteiger partial charge in [-0.1, -0.05) is 62.0 Å². The van der Waals surface area contributed by atoms with Crippen LogP contribution in [-0.2, 0) is 37.3 Å². The third-order valence-electron chi connectivity index (χ3n) is 4.74. The molecule has 0 saturated heterocycles. The van der Waals surface area contributed by atoms with Gasteiger partial charge in [0.1, 0.15) is 0 Å². The smallest absolute Gasteiger partial charge is 0.333 e. The van der Waals surface area contributed by atoms with E-state index in [1.807, 2.05) is 37.3 Å². The van der Waals surface area contributed by atoms with Crippen molar-refractivity contribution in [3.05, 3.63) is 83.4 Å². The molecule has 2 aromatic carbocycles. The summed E-state index contributed by atoms with van der Waals surface area (Å²) >= 11 is 0. The monoisotopic (exact) mass is 441 g/mol. The fourth-order valence-electron chi connectivity index (χ4n) is 3.00. The number of amides is 2. The van der Waals surface area contributed by atoms with Gasteiger partial charge >= 0.3 is 5.97 Å². The molecule has 2 rings (SSSR count). The summed E-state index contributed by atoms with van der Waals surface area (Å²) in [6, 6.07) is 16.3. The van der Waals surface area contributed by atoms with E-state index in [0.717, 1.165) is 10.5 Å². The highest BCUT2D eigenvalue weighted by molar-refractivity contribution is 7.84. The van der Waals surface area contributed by atoms with E-state index in [1.54, 1.807) is 24.3 Å². The molecule has 0 heterocycles. The van der Waals surface area contributed by atoms with Crippen LogP contribution in [-0.4, -0.2) is 46.3 Å². The molecular formula is C24H27NO5S. The zero-order valence-electron chi connectivity index (χ0n) is 17.8. The van der Waals surface area contributed by atoms with E-state index in [1.165, 1.54) is 7.11 Å². The first-order valence-electron chi connectivity index (χ1n) is 9.95. The molecule has 0 aliphatic heterocycles. The molecule has 0 fully saturated rings. The Morgan fingerprint density at radius 1 is 1.03 bits per heavy atom. The molecule has 0 saturated carbocycles. The summed E-state index contributed by atoms with van der Waals surface area (Å²) in [7, 11) is 0.0991. The molecule has 0 N–H and O–H groups in total. The van der Waals surface area contributed by atoms with Crippen LogP contribution in [0, 0.1) is 0 Å². The van der Waals surface area contributed by atoms with Gasteiger partial charge < -0.3 is 4.74 Å². The molecule has 0 radical (unpaired) electrons. The van der Waals surface area contributed by atoms with E-state index in [9.17, 15) is 18.6 Å². The molecule has 1 unspecified atom stereocenters. The number of benzene rings is 2. The van der Waals surface area contributed by atoms with Crippen LogP contribution < -0.4 is 0 Å². The lowest BCUT2D eigenvalue weighted by molar-refractivity contribution is -0.138. The van der Waals surface area contributed by atoms with E-state index >= 15 is 0 Å². The Morgan fingerprint density at radius 2 is 1.68 bits per heavy atom. The second-order valence-corrected chi connectivity index (χ2v) is 8.63. The molecule has 0 aliphatic carbocycles. The average Bonchev–Trinajstić information content (AvgIpc) is 2.79. The molecule has 0 aliphatic rings. The molecule has 6 nitrogen and oxygen atoms in total. The van der Waals surface area contributed by atoms with Crippen molar-refractivity contribution in [1.82, 2.24) is 4.90 Å².